The molecule has 27 heavy (non-hydrogen) atoms. The maximum absolute atomic E-state index is 12.3. The Morgan fingerprint density at radius 2 is 1.67 bits per heavy atom. The fraction of sp³-hybridized carbons (Fsp3) is 0.227. The van der Waals surface area contributed by atoms with Crippen LogP contribution < -0.4 is 15.5 Å². The Hall–Kier alpha value is -3.05. The van der Waals surface area contributed by atoms with Crippen LogP contribution in [0.1, 0.15) is 0 Å². The van der Waals surface area contributed by atoms with Gasteiger partial charge >= 0.3 is 0 Å². The van der Waals surface area contributed by atoms with E-state index in [1.54, 1.807) is 0 Å². The van der Waals surface area contributed by atoms with E-state index in [9.17, 15) is 4.79 Å². The lowest BCUT2D eigenvalue weighted by Crippen LogP contribution is -2.36. The van der Waals surface area contributed by atoms with Gasteiger partial charge in [-0.15, -0.1) is 0 Å². The number of hydrogen-bond donors (Lipinski definition) is 2. The van der Waals surface area contributed by atoms with Crippen molar-refractivity contribution >= 4 is 33.7 Å². The van der Waals surface area contributed by atoms with E-state index >= 15 is 0 Å². The second-order valence-corrected chi connectivity index (χ2v) is 6.57. The Morgan fingerprint density at radius 3 is 2.48 bits per heavy atom. The summed E-state index contributed by atoms with van der Waals surface area (Å²) >= 11 is 0. The van der Waals surface area contributed by atoms with Crippen molar-refractivity contribution in [3.05, 3.63) is 66.7 Å². The fourth-order valence-electron chi connectivity index (χ4n) is 3.34. The highest BCUT2D eigenvalue weighted by Gasteiger charge is 2.11. The summed E-state index contributed by atoms with van der Waals surface area (Å²) in [6.07, 6.45) is 0. The Morgan fingerprint density at radius 1 is 0.926 bits per heavy atom. The van der Waals surface area contributed by atoms with Crippen molar-refractivity contribution < 1.29 is 9.53 Å². The maximum atomic E-state index is 12.3. The summed E-state index contributed by atoms with van der Waals surface area (Å²) in [7, 11) is 0. The zero-order chi connectivity index (χ0) is 18.5. The lowest BCUT2D eigenvalue weighted by molar-refractivity contribution is -0.114. The molecule has 0 aliphatic carbocycles. The number of carbonyl (C=O) groups excluding carboxylic acids is 1. The lowest BCUT2D eigenvalue weighted by Gasteiger charge is -2.28. The normalized spacial score (nSPS) is 14.1. The van der Waals surface area contributed by atoms with Crippen LogP contribution in [0.25, 0.3) is 10.8 Å². The van der Waals surface area contributed by atoms with Gasteiger partial charge in [0.05, 0.1) is 19.8 Å². The van der Waals surface area contributed by atoms with Crippen LogP contribution in [-0.4, -0.2) is 38.8 Å². The third kappa shape index (κ3) is 4.20. The molecule has 5 heteroatoms. The highest BCUT2D eigenvalue weighted by molar-refractivity contribution is 5.98. The number of benzene rings is 3. The van der Waals surface area contributed by atoms with Gasteiger partial charge in [-0.1, -0.05) is 36.4 Å². The molecule has 0 saturated carbocycles. The molecule has 0 aromatic heterocycles. The molecule has 0 spiro atoms. The molecule has 1 aliphatic rings. The molecular weight excluding hydrogens is 338 g/mol. The molecule has 1 heterocycles. The van der Waals surface area contributed by atoms with E-state index in [0.29, 0.717) is 0 Å². The highest BCUT2D eigenvalue weighted by atomic mass is 16.5. The quantitative estimate of drug-likeness (QED) is 0.727. The first-order valence-corrected chi connectivity index (χ1v) is 9.24. The summed E-state index contributed by atoms with van der Waals surface area (Å²) < 4.78 is 5.38. The molecule has 3 aromatic rings. The minimum Gasteiger partial charge on any atom is -0.378 e. The summed E-state index contributed by atoms with van der Waals surface area (Å²) in [5.41, 5.74) is 2.92. The van der Waals surface area contributed by atoms with Gasteiger partial charge in [-0.25, -0.2) is 0 Å². The topological polar surface area (TPSA) is 53.6 Å². The molecule has 1 amide bonds. The van der Waals surface area contributed by atoms with E-state index in [0.717, 1.165) is 54.1 Å². The monoisotopic (exact) mass is 361 g/mol. The second kappa shape index (κ2) is 8.10. The summed E-state index contributed by atoms with van der Waals surface area (Å²) in [5, 5.41) is 8.45. The third-order valence-electron chi connectivity index (χ3n) is 4.76. The predicted octanol–water partition coefficient (Wildman–Crippen LogP) is 3.73. The summed E-state index contributed by atoms with van der Waals surface area (Å²) in [6, 6.07) is 22.2. The molecule has 138 valence electrons. The molecule has 0 bridgehead atoms. The smallest absolute Gasteiger partial charge is 0.243 e. The molecule has 5 nitrogen and oxygen atoms in total. The molecule has 3 aromatic carbocycles. The van der Waals surface area contributed by atoms with Crippen molar-refractivity contribution in [2.45, 2.75) is 0 Å². The molecule has 1 fully saturated rings. The highest BCUT2D eigenvalue weighted by Crippen LogP contribution is 2.23. The Kier molecular flexibility index (Phi) is 5.21. The van der Waals surface area contributed by atoms with Gasteiger partial charge in [0.2, 0.25) is 5.91 Å². The number of hydrogen-bond acceptors (Lipinski definition) is 4. The van der Waals surface area contributed by atoms with Crippen molar-refractivity contribution in [2.24, 2.45) is 0 Å². The van der Waals surface area contributed by atoms with Crippen molar-refractivity contribution in [3.8, 4) is 0 Å². The molecule has 0 unspecified atom stereocenters. The maximum Gasteiger partial charge on any atom is 0.243 e. The molecule has 0 atom stereocenters. The Bertz CT molecular complexity index is 913. The summed E-state index contributed by atoms with van der Waals surface area (Å²) in [5.74, 6) is -0.0675. The van der Waals surface area contributed by atoms with Gasteiger partial charge in [-0.2, -0.15) is 0 Å². The first kappa shape index (κ1) is 17.4. The first-order valence-electron chi connectivity index (χ1n) is 9.24. The van der Waals surface area contributed by atoms with Crippen LogP contribution in [0.15, 0.2) is 66.7 Å². The van der Waals surface area contributed by atoms with Gasteiger partial charge in [0, 0.05) is 35.5 Å². The Labute approximate surface area is 158 Å². The average Bonchev–Trinajstić information content (AvgIpc) is 2.73. The van der Waals surface area contributed by atoms with Gasteiger partial charge in [-0.3, -0.25) is 4.79 Å². The minimum absolute atomic E-state index is 0.0675. The van der Waals surface area contributed by atoms with Gasteiger partial charge in [0.25, 0.3) is 0 Å². The van der Waals surface area contributed by atoms with E-state index in [-0.39, 0.29) is 12.5 Å². The summed E-state index contributed by atoms with van der Waals surface area (Å²) in [6.45, 7) is 3.55. The van der Waals surface area contributed by atoms with Crippen molar-refractivity contribution in [2.75, 3.05) is 48.4 Å². The second-order valence-electron chi connectivity index (χ2n) is 6.57. The predicted molar refractivity (Wildman–Crippen MR) is 111 cm³/mol. The Balaban J connectivity index is 1.35. The van der Waals surface area contributed by atoms with Gasteiger partial charge < -0.3 is 20.3 Å². The van der Waals surface area contributed by atoms with Crippen LogP contribution in [0, 0.1) is 0 Å². The number of anilines is 3. The number of amides is 1. The van der Waals surface area contributed by atoms with Crippen LogP contribution in [-0.2, 0) is 9.53 Å². The molecule has 1 aliphatic heterocycles. The largest absolute Gasteiger partial charge is 0.378 e. The SMILES string of the molecule is O=C(CNc1cccc2ccccc12)Nc1ccc(N2CCOCC2)cc1. The van der Waals surface area contributed by atoms with Crippen LogP contribution in [0.2, 0.25) is 0 Å². The molecular formula is C22H23N3O2. The zero-order valence-electron chi connectivity index (χ0n) is 15.2. The van der Waals surface area contributed by atoms with Gasteiger partial charge in [0.15, 0.2) is 0 Å². The van der Waals surface area contributed by atoms with Crippen molar-refractivity contribution in [1.82, 2.24) is 0 Å². The van der Waals surface area contributed by atoms with E-state index in [2.05, 4.69) is 33.7 Å². The molecule has 2 N–H and O–H groups in total. The van der Waals surface area contributed by atoms with Gasteiger partial charge in [-0.05, 0) is 35.7 Å². The average molecular weight is 361 g/mol. The van der Waals surface area contributed by atoms with Crippen LogP contribution >= 0.6 is 0 Å². The lowest BCUT2D eigenvalue weighted by atomic mass is 10.1. The van der Waals surface area contributed by atoms with Gasteiger partial charge in [0.1, 0.15) is 0 Å². The van der Waals surface area contributed by atoms with E-state index in [1.807, 2.05) is 48.5 Å². The number of morpholine rings is 1. The van der Waals surface area contributed by atoms with Crippen LogP contribution in [0.4, 0.5) is 17.1 Å². The van der Waals surface area contributed by atoms with Crippen molar-refractivity contribution in [1.29, 1.82) is 0 Å². The number of nitrogens with zero attached hydrogens (tertiary/aromatic N) is 1. The molecule has 1 saturated heterocycles. The first-order chi connectivity index (χ1) is 13.3. The number of nitrogens with one attached hydrogen (secondary N) is 2. The minimum atomic E-state index is -0.0675. The number of ether oxygens (including phenoxy) is 1. The number of carbonyl (C=O) groups is 1. The molecule has 0 radical (unpaired) electrons. The number of fused-ring (bicyclic) bond motifs is 1. The molecule has 4 rings (SSSR count). The van der Waals surface area contributed by atoms with Crippen molar-refractivity contribution in [3.63, 3.8) is 0 Å². The number of rotatable bonds is 5. The van der Waals surface area contributed by atoms with E-state index < -0.39 is 0 Å². The van der Waals surface area contributed by atoms with E-state index in [1.165, 1.54) is 0 Å². The zero-order valence-corrected chi connectivity index (χ0v) is 15.2. The summed E-state index contributed by atoms with van der Waals surface area (Å²) in [4.78, 5) is 14.6. The van der Waals surface area contributed by atoms with Crippen LogP contribution in [0.5, 0.6) is 0 Å². The van der Waals surface area contributed by atoms with Crippen LogP contribution in [0.3, 0.4) is 0 Å². The van der Waals surface area contributed by atoms with E-state index in [4.69, 9.17) is 4.74 Å². The standard InChI is InChI=1S/C22H23N3O2/c26-22(16-23-21-7-3-5-17-4-1-2-6-20(17)21)24-18-8-10-19(11-9-18)25-12-14-27-15-13-25/h1-11,23H,12-16H2,(H,24,26). The third-order valence-corrected chi connectivity index (χ3v) is 4.76. The fourth-order valence-corrected chi connectivity index (χ4v) is 3.34.